The number of nitrogens with zero attached hydrogens (tertiary/aromatic N) is 1. The predicted molar refractivity (Wildman–Crippen MR) is 84.4 cm³/mol. The molecule has 0 aliphatic heterocycles. The first-order valence-electron chi connectivity index (χ1n) is 7.37. The van der Waals surface area contributed by atoms with E-state index in [0.717, 1.165) is 52.3 Å². The van der Waals surface area contributed by atoms with Crippen molar-refractivity contribution in [3.8, 4) is 0 Å². The molecular weight excluding hydrogens is 252 g/mol. The Bertz CT molecular complexity index is 358. The minimum absolute atomic E-state index is 0.719. The maximum Gasteiger partial charge on any atom is 0.0641 e. The van der Waals surface area contributed by atoms with Crippen molar-refractivity contribution in [3.63, 3.8) is 0 Å². The van der Waals surface area contributed by atoms with Crippen molar-refractivity contribution < 1.29 is 9.47 Å². The van der Waals surface area contributed by atoms with Crippen LogP contribution in [0.15, 0.2) is 24.3 Å². The highest BCUT2D eigenvalue weighted by molar-refractivity contribution is 5.52. The SMILES string of the molecule is COCCCOCCN(CCCN)c1ccccc1C. The monoisotopic (exact) mass is 280 g/mol. The summed E-state index contributed by atoms with van der Waals surface area (Å²) in [5.41, 5.74) is 8.21. The smallest absolute Gasteiger partial charge is 0.0641 e. The van der Waals surface area contributed by atoms with Crippen LogP contribution in [0.1, 0.15) is 18.4 Å². The molecule has 0 bridgehead atoms. The number of benzene rings is 1. The number of rotatable bonds is 11. The Balaban J connectivity index is 2.42. The minimum Gasteiger partial charge on any atom is -0.385 e. The van der Waals surface area contributed by atoms with Crippen molar-refractivity contribution in [1.29, 1.82) is 0 Å². The largest absolute Gasteiger partial charge is 0.385 e. The summed E-state index contributed by atoms with van der Waals surface area (Å²) < 4.78 is 10.7. The molecule has 0 saturated heterocycles. The number of nitrogens with two attached hydrogens (primary N) is 1. The van der Waals surface area contributed by atoms with Crippen molar-refractivity contribution in [2.45, 2.75) is 19.8 Å². The molecule has 1 aromatic carbocycles. The Morgan fingerprint density at radius 3 is 2.55 bits per heavy atom. The lowest BCUT2D eigenvalue weighted by atomic mass is 10.1. The number of anilines is 1. The van der Waals surface area contributed by atoms with Gasteiger partial charge in [-0.2, -0.15) is 0 Å². The fraction of sp³-hybridized carbons (Fsp3) is 0.625. The van der Waals surface area contributed by atoms with Gasteiger partial charge in [0, 0.05) is 39.1 Å². The second-order valence-electron chi connectivity index (χ2n) is 4.87. The quantitative estimate of drug-likeness (QED) is 0.631. The van der Waals surface area contributed by atoms with Crippen LogP contribution in [-0.4, -0.2) is 46.6 Å². The standard InChI is InChI=1S/C16H28N2O2/c1-15-7-3-4-8-16(15)18(10-5-9-17)11-14-20-13-6-12-19-2/h3-4,7-8H,5-6,9-14,17H2,1-2H3. The van der Waals surface area contributed by atoms with Crippen molar-refractivity contribution in [2.75, 3.05) is 51.5 Å². The lowest BCUT2D eigenvalue weighted by Crippen LogP contribution is -2.30. The van der Waals surface area contributed by atoms with Crippen molar-refractivity contribution in [1.82, 2.24) is 0 Å². The van der Waals surface area contributed by atoms with Crippen LogP contribution in [0.2, 0.25) is 0 Å². The van der Waals surface area contributed by atoms with Crippen LogP contribution in [0.4, 0.5) is 5.69 Å². The summed E-state index contributed by atoms with van der Waals surface area (Å²) in [6, 6.07) is 8.46. The molecule has 0 radical (unpaired) electrons. The second kappa shape index (κ2) is 10.7. The van der Waals surface area contributed by atoms with Gasteiger partial charge in [-0.3, -0.25) is 0 Å². The van der Waals surface area contributed by atoms with Gasteiger partial charge in [0.25, 0.3) is 0 Å². The van der Waals surface area contributed by atoms with Gasteiger partial charge in [-0.15, -0.1) is 0 Å². The number of para-hydroxylation sites is 1. The van der Waals surface area contributed by atoms with Gasteiger partial charge in [-0.1, -0.05) is 18.2 Å². The van der Waals surface area contributed by atoms with Crippen molar-refractivity contribution in [3.05, 3.63) is 29.8 Å². The molecule has 4 nitrogen and oxygen atoms in total. The Labute approximate surface area is 122 Å². The van der Waals surface area contributed by atoms with E-state index in [1.54, 1.807) is 7.11 Å². The molecular formula is C16H28N2O2. The maximum absolute atomic E-state index is 5.65. The number of aryl methyl sites for hydroxylation is 1. The van der Waals surface area contributed by atoms with Gasteiger partial charge in [-0.05, 0) is 37.9 Å². The lowest BCUT2D eigenvalue weighted by Gasteiger charge is -2.26. The van der Waals surface area contributed by atoms with E-state index in [1.807, 2.05) is 0 Å². The summed E-state index contributed by atoms with van der Waals surface area (Å²) in [5.74, 6) is 0. The molecule has 1 aromatic rings. The molecule has 1 rings (SSSR count). The zero-order valence-corrected chi connectivity index (χ0v) is 12.8. The summed E-state index contributed by atoms with van der Waals surface area (Å²) in [5, 5.41) is 0. The topological polar surface area (TPSA) is 47.7 Å². The molecule has 0 heterocycles. The molecule has 0 aliphatic rings. The van der Waals surface area contributed by atoms with E-state index < -0.39 is 0 Å². The van der Waals surface area contributed by atoms with Crippen LogP contribution >= 0.6 is 0 Å². The summed E-state index contributed by atoms with van der Waals surface area (Å²) in [7, 11) is 1.72. The van der Waals surface area contributed by atoms with Crippen LogP contribution in [-0.2, 0) is 9.47 Å². The van der Waals surface area contributed by atoms with Gasteiger partial charge in [0.1, 0.15) is 0 Å². The van der Waals surface area contributed by atoms with Crippen LogP contribution in [0.3, 0.4) is 0 Å². The predicted octanol–water partition coefficient (Wildman–Crippen LogP) is 2.20. The average molecular weight is 280 g/mol. The first-order chi connectivity index (χ1) is 9.79. The normalized spacial score (nSPS) is 10.8. The number of hydrogen-bond donors (Lipinski definition) is 1. The van der Waals surface area contributed by atoms with Crippen molar-refractivity contribution >= 4 is 5.69 Å². The molecule has 2 N–H and O–H groups in total. The van der Waals surface area contributed by atoms with Gasteiger partial charge in [-0.25, -0.2) is 0 Å². The van der Waals surface area contributed by atoms with Crippen LogP contribution in [0.5, 0.6) is 0 Å². The van der Waals surface area contributed by atoms with E-state index in [1.165, 1.54) is 11.3 Å². The third kappa shape index (κ3) is 6.37. The van der Waals surface area contributed by atoms with E-state index in [2.05, 4.69) is 36.1 Å². The second-order valence-corrected chi connectivity index (χ2v) is 4.87. The third-order valence-electron chi connectivity index (χ3n) is 3.23. The molecule has 0 aliphatic carbocycles. The first kappa shape index (κ1) is 17.0. The molecule has 0 aromatic heterocycles. The summed E-state index contributed by atoms with van der Waals surface area (Å²) in [4.78, 5) is 2.36. The van der Waals surface area contributed by atoms with Crippen LogP contribution < -0.4 is 10.6 Å². The van der Waals surface area contributed by atoms with E-state index in [9.17, 15) is 0 Å². The third-order valence-corrected chi connectivity index (χ3v) is 3.23. The Morgan fingerprint density at radius 2 is 1.85 bits per heavy atom. The van der Waals surface area contributed by atoms with Gasteiger partial charge in [0.15, 0.2) is 0 Å². The molecule has 0 saturated carbocycles. The number of hydrogen-bond acceptors (Lipinski definition) is 4. The number of ether oxygens (including phenoxy) is 2. The molecule has 0 amide bonds. The van der Waals surface area contributed by atoms with Gasteiger partial charge < -0.3 is 20.1 Å². The van der Waals surface area contributed by atoms with E-state index >= 15 is 0 Å². The lowest BCUT2D eigenvalue weighted by molar-refractivity contribution is 0.107. The zero-order valence-electron chi connectivity index (χ0n) is 12.8. The Morgan fingerprint density at radius 1 is 1.05 bits per heavy atom. The first-order valence-corrected chi connectivity index (χ1v) is 7.37. The molecule has 20 heavy (non-hydrogen) atoms. The minimum atomic E-state index is 0.719. The Kier molecular flexibility index (Phi) is 9.04. The highest BCUT2D eigenvalue weighted by Crippen LogP contribution is 2.19. The summed E-state index contributed by atoms with van der Waals surface area (Å²) in [6.45, 7) is 6.99. The maximum atomic E-state index is 5.65. The van der Waals surface area contributed by atoms with Crippen molar-refractivity contribution in [2.24, 2.45) is 5.73 Å². The Hall–Kier alpha value is -1.10. The van der Waals surface area contributed by atoms with Gasteiger partial charge in [0.2, 0.25) is 0 Å². The van der Waals surface area contributed by atoms with Crippen LogP contribution in [0.25, 0.3) is 0 Å². The molecule has 4 heteroatoms. The highest BCUT2D eigenvalue weighted by atomic mass is 16.5. The summed E-state index contributed by atoms with van der Waals surface area (Å²) >= 11 is 0. The average Bonchev–Trinajstić information content (AvgIpc) is 2.47. The molecule has 0 spiro atoms. The zero-order chi connectivity index (χ0) is 14.6. The van der Waals surface area contributed by atoms with Gasteiger partial charge in [0.05, 0.1) is 6.61 Å². The molecule has 114 valence electrons. The van der Waals surface area contributed by atoms with Crippen LogP contribution in [0, 0.1) is 6.92 Å². The highest BCUT2D eigenvalue weighted by Gasteiger charge is 2.08. The fourth-order valence-electron chi connectivity index (χ4n) is 2.14. The fourth-order valence-corrected chi connectivity index (χ4v) is 2.14. The van der Waals surface area contributed by atoms with E-state index in [-0.39, 0.29) is 0 Å². The molecule has 0 unspecified atom stereocenters. The molecule has 0 fully saturated rings. The van der Waals surface area contributed by atoms with E-state index in [0.29, 0.717) is 0 Å². The number of methoxy groups -OCH3 is 1. The molecule has 0 atom stereocenters. The summed E-state index contributed by atoms with van der Waals surface area (Å²) in [6.07, 6.45) is 1.95. The van der Waals surface area contributed by atoms with Gasteiger partial charge >= 0.3 is 0 Å². The van der Waals surface area contributed by atoms with E-state index in [4.69, 9.17) is 15.2 Å².